The molecule has 7 heteroatoms. The predicted molar refractivity (Wildman–Crippen MR) is 81.2 cm³/mol. The van der Waals surface area contributed by atoms with Gasteiger partial charge in [-0.1, -0.05) is 0 Å². The molecule has 0 spiro atoms. The first kappa shape index (κ1) is 12.3. The summed E-state index contributed by atoms with van der Waals surface area (Å²) in [5.41, 5.74) is 7.84. The van der Waals surface area contributed by atoms with Gasteiger partial charge in [0, 0.05) is 25.3 Å². The number of likely N-dealkylation sites (N-methyl/N-ethyl adjacent to an activating group) is 1. The third-order valence-corrected chi connectivity index (χ3v) is 3.99. The first-order chi connectivity index (χ1) is 10.3. The normalized spacial score (nSPS) is 18.9. The molecule has 1 unspecified atom stereocenters. The van der Waals surface area contributed by atoms with Crippen molar-refractivity contribution < 1.29 is 4.42 Å². The number of nitrogens with one attached hydrogen (secondary N) is 1. The molecule has 4 rings (SSSR count). The minimum atomic E-state index is 0.261. The number of nitrogens with two attached hydrogens (primary N) is 1. The quantitative estimate of drug-likeness (QED) is 0.729. The van der Waals surface area contributed by atoms with E-state index in [1.807, 2.05) is 19.2 Å². The summed E-state index contributed by atoms with van der Waals surface area (Å²) in [6.45, 7) is 1.80. The summed E-state index contributed by atoms with van der Waals surface area (Å²) in [6.07, 6.45) is 2.77. The van der Waals surface area contributed by atoms with E-state index < -0.39 is 0 Å². The fourth-order valence-corrected chi connectivity index (χ4v) is 2.88. The Bertz CT molecular complexity index is 814. The highest BCUT2D eigenvalue weighted by molar-refractivity contribution is 6.04. The van der Waals surface area contributed by atoms with Crippen molar-refractivity contribution in [1.29, 1.82) is 0 Å². The van der Waals surface area contributed by atoms with Gasteiger partial charge >= 0.3 is 0 Å². The summed E-state index contributed by atoms with van der Waals surface area (Å²) < 4.78 is 5.87. The lowest BCUT2D eigenvalue weighted by Gasteiger charge is -2.17. The lowest BCUT2D eigenvalue weighted by Crippen LogP contribution is -2.30. The van der Waals surface area contributed by atoms with Crippen molar-refractivity contribution in [3.63, 3.8) is 0 Å². The van der Waals surface area contributed by atoms with E-state index in [0.29, 0.717) is 17.3 Å². The number of nitrogens with zero attached hydrogens (tertiary/aromatic N) is 4. The van der Waals surface area contributed by atoms with Gasteiger partial charge in [-0.05, 0) is 25.6 Å². The molecule has 1 saturated heterocycles. The van der Waals surface area contributed by atoms with Gasteiger partial charge in [-0.15, -0.1) is 0 Å². The highest BCUT2D eigenvalue weighted by Crippen LogP contribution is 2.33. The van der Waals surface area contributed by atoms with Gasteiger partial charge in [0.05, 0.1) is 5.39 Å². The summed E-state index contributed by atoms with van der Waals surface area (Å²) in [5, 5.41) is 4.16. The van der Waals surface area contributed by atoms with Gasteiger partial charge in [0.2, 0.25) is 11.7 Å². The third kappa shape index (κ3) is 1.89. The molecule has 0 aliphatic carbocycles. The van der Waals surface area contributed by atoms with E-state index in [1.165, 1.54) is 0 Å². The van der Waals surface area contributed by atoms with E-state index in [1.54, 1.807) is 6.20 Å². The highest BCUT2D eigenvalue weighted by Gasteiger charge is 2.26. The van der Waals surface area contributed by atoms with Crippen molar-refractivity contribution in [1.82, 2.24) is 20.3 Å². The maximum absolute atomic E-state index is 5.88. The fourth-order valence-electron chi connectivity index (χ4n) is 2.88. The molecule has 0 radical (unpaired) electrons. The number of rotatable bonds is 2. The summed E-state index contributed by atoms with van der Waals surface area (Å²) in [4.78, 5) is 15.1. The first-order valence-electron chi connectivity index (χ1n) is 6.99. The van der Waals surface area contributed by atoms with Crippen LogP contribution in [-0.2, 0) is 0 Å². The minimum absolute atomic E-state index is 0.261. The Morgan fingerprint density at radius 2 is 2.33 bits per heavy atom. The Morgan fingerprint density at radius 3 is 3.14 bits per heavy atom. The molecule has 0 saturated carbocycles. The van der Waals surface area contributed by atoms with Crippen LogP contribution in [-0.4, -0.2) is 41.1 Å². The fraction of sp³-hybridized carbons (Fsp3) is 0.357. The highest BCUT2D eigenvalue weighted by atomic mass is 16.3. The number of pyridine rings is 1. The van der Waals surface area contributed by atoms with Gasteiger partial charge in [-0.3, -0.25) is 0 Å². The van der Waals surface area contributed by atoms with Gasteiger partial charge in [0.25, 0.3) is 0 Å². The molecular weight excluding hydrogens is 268 g/mol. The Labute approximate surface area is 121 Å². The largest absolute Gasteiger partial charge is 0.432 e. The van der Waals surface area contributed by atoms with Crippen LogP contribution in [0.1, 0.15) is 6.42 Å². The van der Waals surface area contributed by atoms with Crippen LogP contribution in [0, 0.1) is 0 Å². The van der Waals surface area contributed by atoms with E-state index in [4.69, 9.17) is 10.2 Å². The lowest BCUT2D eigenvalue weighted by molar-refractivity contribution is 0.615. The van der Waals surface area contributed by atoms with Gasteiger partial charge in [-0.25, -0.2) is 9.97 Å². The van der Waals surface area contributed by atoms with Crippen molar-refractivity contribution >= 4 is 34.0 Å². The third-order valence-electron chi connectivity index (χ3n) is 3.99. The summed E-state index contributed by atoms with van der Waals surface area (Å²) in [7, 11) is 1.98. The van der Waals surface area contributed by atoms with E-state index in [0.717, 1.165) is 36.2 Å². The Balaban J connectivity index is 1.92. The average molecular weight is 284 g/mol. The van der Waals surface area contributed by atoms with E-state index in [-0.39, 0.29) is 5.95 Å². The van der Waals surface area contributed by atoms with Crippen molar-refractivity contribution in [3.05, 3.63) is 18.3 Å². The zero-order valence-electron chi connectivity index (χ0n) is 11.7. The van der Waals surface area contributed by atoms with Gasteiger partial charge in [0.1, 0.15) is 5.52 Å². The summed E-state index contributed by atoms with van der Waals surface area (Å²) in [6, 6.07) is 4.26. The predicted octanol–water partition coefficient (Wildman–Crippen LogP) is 1.15. The van der Waals surface area contributed by atoms with Gasteiger partial charge in [0.15, 0.2) is 11.4 Å². The van der Waals surface area contributed by atoms with Crippen LogP contribution < -0.4 is 16.0 Å². The molecule has 3 aromatic heterocycles. The molecular formula is C14H16N6O. The van der Waals surface area contributed by atoms with Crippen LogP contribution >= 0.6 is 0 Å². The summed E-state index contributed by atoms with van der Waals surface area (Å²) >= 11 is 0. The molecule has 3 aromatic rings. The number of hydrogen-bond acceptors (Lipinski definition) is 7. The van der Waals surface area contributed by atoms with Crippen molar-refractivity contribution in [2.75, 3.05) is 30.8 Å². The van der Waals surface area contributed by atoms with Gasteiger partial charge < -0.3 is 20.4 Å². The minimum Gasteiger partial charge on any atom is -0.432 e. The molecule has 1 aliphatic rings. The number of aromatic nitrogens is 3. The van der Waals surface area contributed by atoms with E-state index in [9.17, 15) is 0 Å². The monoisotopic (exact) mass is 284 g/mol. The van der Waals surface area contributed by atoms with Crippen LogP contribution in [0.3, 0.4) is 0 Å². The van der Waals surface area contributed by atoms with Gasteiger partial charge in [-0.2, -0.15) is 4.98 Å². The smallest absolute Gasteiger partial charge is 0.229 e. The second-order valence-corrected chi connectivity index (χ2v) is 5.26. The standard InChI is InChI=1S/C14H16N6O/c1-16-8-4-6-20(7-8)12-11-10(18-14(15)19-12)9-3-2-5-17-13(9)21-11/h2-3,5,8,16H,4,6-7H2,1H3,(H2,15,18,19). The zero-order chi connectivity index (χ0) is 14.4. The molecule has 0 bridgehead atoms. The second kappa shape index (κ2) is 4.56. The molecule has 0 aromatic carbocycles. The van der Waals surface area contributed by atoms with Crippen molar-refractivity contribution in [2.24, 2.45) is 0 Å². The Kier molecular flexibility index (Phi) is 2.68. The van der Waals surface area contributed by atoms with Crippen LogP contribution in [0.4, 0.5) is 11.8 Å². The van der Waals surface area contributed by atoms with E-state index in [2.05, 4.69) is 25.2 Å². The van der Waals surface area contributed by atoms with Crippen molar-refractivity contribution in [2.45, 2.75) is 12.5 Å². The molecule has 1 atom stereocenters. The Morgan fingerprint density at radius 1 is 1.43 bits per heavy atom. The molecule has 108 valence electrons. The van der Waals surface area contributed by atoms with E-state index >= 15 is 0 Å². The molecule has 0 amide bonds. The topological polar surface area (TPSA) is 93.1 Å². The molecule has 1 aliphatic heterocycles. The van der Waals surface area contributed by atoms with Crippen LogP contribution in [0.5, 0.6) is 0 Å². The SMILES string of the molecule is CNC1CCN(c2nc(N)nc3c2oc2ncccc23)C1. The number of nitrogen functional groups attached to an aromatic ring is 1. The molecule has 3 N–H and O–H groups in total. The summed E-state index contributed by atoms with van der Waals surface area (Å²) in [5.74, 6) is 1.02. The first-order valence-corrected chi connectivity index (χ1v) is 6.99. The molecule has 21 heavy (non-hydrogen) atoms. The lowest BCUT2D eigenvalue weighted by atomic mass is 10.3. The Hall–Kier alpha value is -2.41. The molecule has 4 heterocycles. The number of anilines is 2. The maximum Gasteiger partial charge on any atom is 0.229 e. The average Bonchev–Trinajstić information content (AvgIpc) is 3.11. The maximum atomic E-state index is 5.88. The number of hydrogen-bond donors (Lipinski definition) is 2. The second-order valence-electron chi connectivity index (χ2n) is 5.26. The van der Waals surface area contributed by atoms with Crippen LogP contribution in [0.2, 0.25) is 0 Å². The molecule has 7 nitrogen and oxygen atoms in total. The number of fused-ring (bicyclic) bond motifs is 3. The van der Waals surface area contributed by atoms with Crippen molar-refractivity contribution in [3.8, 4) is 0 Å². The van der Waals surface area contributed by atoms with Crippen LogP contribution in [0.25, 0.3) is 22.2 Å². The molecule has 1 fully saturated rings. The van der Waals surface area contributed by atoms with Crippen LogP contribution in [0.15, 0.2) is 22.7 Å². The number of furan rings is 1. The zero-order valence-corrected chi connectivity index (χ0v) is 11.7.